The van der Waals surface area contributed by atoms with Crippen LogP contribution in [0, 0.1) is 5.92 Å². The monoisotopic (exact) mass is 224 g/mol. The van der Waals surface area contributed by atoms with E-state index in [9.17, 15) is 0 Å². The molecule has 0 aliphatic carbocycles. The van der Waals surface area contributed by atoms with Gasteiger partial charge in [0.1, 0.15) is 0 Å². The molecule has 1 aromatic heterocycles. The van der Waals surface area contributed by atoms with Gasteiger partial charge in [-0.2, -0.15) is 4.98 Å². The Morgan fingerprint density at radius 1 is 1.50 bits per heavy atom. The Kier molecular flexibility index (Phi) is 4.98. The first kappa shape index (κ1) is 12.7. The summed E-state index contributed by atoms with van der Waals surface area (Å²) < 4.78 is 5.30. The third-order valence-corrected chi connectivity index (χ3v) is 2.30. The molecule has 0 spiro atoms. The van der Waals surface area contributed by atoms with Gasteiger partial charge in [0, 0.05) is 24.8 Å². The van der Waals surface area contributed by atoms with Gasteiger partial charge in [0.2, 0.25) is 11.8 Å². The van der Waals surface area contributed by atoms with Crippen molar-refractivity contribution >= 4 is 5.95 Å². The largest absolute Gasteiger partial charge is 0.478 e. The van der Waals surface area contributed by atoms with Crippen molar-refractivity contribution < 1.29 is 4.74 Å². The Hall–Kier alpha value is -1.36. The summed E-state index contributed by atoms with van der Waals surface area (Å²) in [5, 5.41) is 3.20. The lowest BCUT2D eigenvalue weighted by molar-refractivity contribution is 0.326. The fraction of sp³-hybridized carbons (Fsp3) is 0.636. The second-order valence-corrected chi connectivity index (χ2v) is 3.88. The maximum absolute atomic E-state index is 5.67. The molecule has 16 heavy (non-hydrogen) atoms. The van der Waals surface area contributed by atoms with E-state index < -0.39 is 0 Å². The summed E-state index contributed by atoms with van der Waals surface area (Å²) in [6, 6.07) is 1.92. The van der Waals surface area contributed by atoms with Crippen molar-refractivity contribution in [3.05, 3.63) is 12.3 Å². The third-order valence-electron chi connectivity index (χ3n) is 2.30. The van der Waals surface area contributed by atoms with Gasteiger partial charge >= 0.3 is 0 Å². The van der Waals surface area contributed by atoms with Crippen LogP contribution < -0.4 is 15.8 Å². The van der Waals surface area contributed by atoms with Gasteiger partial charge in [-0.05, 0) is 12.8 Å². The first-order valence-corrected chi connectivity index (χ1v) is 5.59. The lowest BCUT2D eigenvalue weighted by Crippen LogP contribution is -2.34. The molecule has 0 saturated carbocycles. The topological polar surface area (TPSA) is 73.1 Å². The highest BCUT2D eigenvalue weighted by Crippen LogP contribution is 2.11. The molecule has 0 aliphatic heterocycles. The molecule has 3 N–H and O–H groups in total. The molecule has 0 amide bonds. The van der Waals surface area contributed by atoms with Crippen molar-refractivity contribution in [2.24, 2.45) is 11.7 Å². The predicted octanol–water partition coefficient (Wildman–Crippen LogP) is 1.27. The van der Waals surface area contributed by atoms with Crippen molar-refractivity contribution in [1.82, 2.24) is 9.97 Å². The Morgan fingerprint density at radius 2 is 2.25 bits per heavy atom. The van der Waals surface area contributed by atoms with Crippen molar-refractivity contribution in [2.75, 3.05) is 18.5 Å². The fourth-order valence-corrected chi connectivity index (χ4v) is 1.30. The minimum Gasteiger partial charge on any atom is -0.478 e. The van der Waals surface area contributed by atoms with E-state index in [1.165, 1.54) is 0 Å². The second kappa shape index (κ2) is 6.27. The van der Waals surface area contributed by atoms with Gasteiger partial charge in [0.05, 0.1) is 6.61 Å². The van der Waals surface area contributed by atoms with Gasteiger partial charge < -0.3 is 15.8 Å². The Labute approximate surface area is 96.4 Å². The minimum absolute atomic E-state index is 0.178. The highest BCUT2D eigenvalue weighted by Gasteiger charge is 2.12. The van der Waals surface area contributed by atoms with Crippen molar-refractivity contribution in [3.8, 4) is 5.88 Å². The molecule has 0 aromatic carbocycles. The third kappa shape index (κ3) is 3.66. The minimum atomic E-state index is 0.178. The van der Waals surface area contributed by atoms with Crippen molar-refractivity contribution in [3.63, 3.8) is 0 Å². The first-order chi connectivity index (χ1) is 7.67. The summed E-state index contributed by atoms with van der Waals surface area (Å²) in [5.41, 5.74) is 5.67. The number of hydrogen-bond acceptors (Lipinski definition) is 5. The molecule has 1 atom stereocenters. The van der Waals surface area contributed by atoms with Gasteiger partial charge in [-0.25, -0.2) is 4.98 Å². The summed E-state index contributed by atoms with van der Waals surface area (Å²) in [6.07, 6.45) is 1.67. The summed E-state index contributed by atoms with van der Waals surface area (Å²) in [7, 11) is 0. The summed E-state index contributed by atoms with van der Waals surface area (Å²) in [4.78, 5) is 8.37. The van der Waals surface area contributed by atoms with Crippen LogP contribution in [0.25, 0.3) is 0 Å². The van der Waals surface area contributed by atoms with Crippen LogP contribution in [0.5, 0.6) is 5.88 Å². The zero-order chi connectivity index (χ0) is 12.0. The number of aromatic nitrogens is 2. The smallest absolute Gasteiger partial charge is 0.226 e. The van der Waals surface area contributed by atoms with Crippen LogP contribution in [-0.2, 0) is 0 Å². The molecule has 5 heteroatoms. The summed E-state index contributed by atoms with van der Waals surface area (Å²) in [6.45, 7) is 7.29. The number of anilines is 1. The van der Waals surface area contributed by atoms with E-state index in [0.717, 1.165) is 0 Å². The zero-order valence-electron chi connectivity index (χ0n) is 10.1. The second-order valence-electron chi connectivity index (χ2n) is 3.88. The van der Waals surface area contributed by atoms with E-state index >= 15 is 0 Å². The molecule has 0 bridgehead atoms. The molecule has 1 aromatic rings. The van der Waals surface area contributed by atoms with Crippen LogP contribution in [0.15, 0.2) is 12.3 Å². The molecule has 0 radical (unpaired) electrons. The maximum Gasteiger partial charge on any atom is 0.226 e. The average Bonchev–Trinajstić information content (AvgIpc) is 2.26. The highest BCUT2D eigenvalue weighted by molar-refractivity contribution is 5.29. The van der Waals surface area contributed by atoms with Crippen LogP contribution in [0.1, 0.15) is 20.8 Å². The lowest BCUT2D eigenvalue weighted by Gasteiger charge is -2.20. The number of rotatable bonds is 6. The van der Waals surface area contributed by atoms with E-state index in [4.69, 9.17) is 10.5 Å². The molecule has 1 heterocycles. The Bertz CT molecular complexity index is 317. The summed E-state index contributed by atoms with van der Waals surface area (Å²) >= 11 is 0. The van der Waals surface area contributed by atoms with Crippen LogP contribution in [0.2, 0.25) is 0 Å². The Balaban J connectivity index is 2.68. The first-order valence-electron chi connectivity index (χ1n) is 5.59. The van der Waals surface area contributed by atoms with Crippen LogP contribution in [-0.4, -0.2) is 29.2 Å². The molecule has 90 valence electrons. The number of nitrogens with zero attached hydrogens (tertiary/aromatic N) is 2. The SMILES string of the molecule is CCOc1ccnc(NC(CN)C(C)C)n1. The number of nitrogens with one attached hydrogen (secondary N) is 1. The number of hydrogen-bond donors (Lipinski definition) is 2. The molecule has 5 nitrogen and oxygen atoms in total. The molecule has 0 aliphatic rings. The average molecular weight is 224 g/mol. The van der Waals surface area contributed by atoms with Crippen molar-refractivity contribution in [1.29, 1.82) is 0 Å². The van der Waals surface area contributed by atoms with E-state index in [-0.39, 0.29) is 6.04 Å². The van der Waals surface area contributed by atoms with Gasteiger partial charge in [-0.1, -0.05) is 13.8 Å². The number of nitrogens with two attached hydrogens (primary N) is 1. The van der Waals surface area contributed by atoms with E-state index in [1.54, 1.807) is 12.3 Å². The normalized spacial score (nSPS) is 12.6. The fourth-order valence-electron chi connectivity index (χ4n) is 1.30. The Morgan fingerprint density at radius 3 is 2.81 bits per heavy atom. The van der Waals surface area contributed by atoms with E-state index in [0.29, 0.717) is 30.9 Å². The lowest BCUT2D eigenvalue weighted by atomic mass is 10.1. The quantitative estimate of drug-likeness (QED) is 0.761. The van der Waals surface area contributed by atoms with Crippen LogP contribution >= 0.6 is 0 Å². The highest BCUT2D eigenvalue weighted by atomic mass is 16.5. The van der Waals surface area contributed by atoms with Crippen molar-refractivity contribution in [2.45, 2.75) is 26.8 Å². The van der Waals surface area contributed by atoms with Crippen LogP contribution in [0.4, 0.5) is 5.95 Å². The van der Waals surface area contributed by atoms with Gasteiger partial charge in [-0.15, -0.1) is 0 Å². The zero-order valence-corrected chi connectivity index (χ0v) is 10.1. The standard InChI is InChI=1S/C11H20N4O/c1-4-16-10-5-6-13-11(15-10)14-9(7-12)8(2)3/h5-6,8-9H,4,7,12H2,1-3H3,(H,13,14,15). The van der Waals surface area contributed by atoms with Gasteiger partial charge in [0.25, 0.3) is 0 Å². The van der Waals surface area contributed by atoms with E-state index in [2.05, 4.69) is 29.1 Å². The number of ether oxygens (including phenoxy) is 1. The summed E-state index contributed by atoms with van der Waals surface area (Å²) in [5.74, 6) is 1.58. The molecule has 1 rings (SSSR count). The maximum atomic E-state index is 5.67. The van der Waals surface area contributed by atoms with Crippen LogP contribution in [0.3, 0.4) is 0 Å². The van der Waals surface area contributed by atoms with E-state index in [1.807, 2.05) is 6.92 Å². The molecular formula is C11H20N4O. The molecule has 0 fully saturated rings. The predicted molar refractivity (Wildman–Crippen MR) is 64.5 cm³/mol. The molecule has 0 saturated heterocycles. The molecule has 1 unspecified atom stereocenters. The van der Waals surface area contributed by atoms with Gasteiger partial charge in [0.15, 0.2) is 0 Å². The van der Waals surface area contributed by atoms with Gasteiger partial charge in [-0.3, -0.25) is 0 Å². The molecular weight excluding hydrogens is 204 g/mol.